The van der Waals surface area contributed by atoms with E-state index in [1.165, 1.54) is 16.7 Å². The lowest BCUT2D eigenvalue weighted by Crippen LogP contribution is -2.00. The van der Waals surface area contributed by atoms with Crippen molar-refractivity contribution in [2.45, 2.75) is 0 Å². The minimum Gasteiger partial charge on any atom is -0.478 e. The first-order valence-corrected chi connectivity index (χ1v) is 4.55. The van der Waals surface area contributed by atoms with Crippen molar-refractivity contribution in [2.24, 2.45) is 0 Å². The third kappa shape index (κ3) is 1.24. The highest BCUT2D eigenvalue weighted by atomic mass is 79.9. The molecule has 14 heavy (non-hydrogen) atoms. The van der Waals surface area contributed by atoms with Crippen molar-refractivity contribution >= 4 is 33.4 Å². The van der Waals surface area contributed by atoms with Gasteiger partial charge in [-0.05, 0) is 28.1 Å². The normalized spacial score (nSPS) is 10.6. The van der Waals surface area contributed by atoms with Crippen LogP contribution in [0.1, 0.15) is 10.4 Å². The van der Waals surface area contributed by atoms with Crippen LogP contribution in [-0.4, -0.2) is 20.5 Å². The van der Waals surface area contributed by atoms with Gasteiger partial charge in [0.15, 0.2) is 0 Å². The van der Waals surface area contributed by atoms with Gasteiger partial charge in [-0.1, -0.05) is 0 Å². The molecular formula is C8H6BrN3O2. The number of carbonyl (C=O) groups is 1. The first-order chi connectivity index (χ1) is 6.59. The molecule has 0 bridgehead atoms. The van der Waals surface area contributed by atoms with Gasteiger partial charge in [0.05, 0.1) is 5.56 Å². The van der Waals surface area contributed by atoms with E-state index in [0.717, 1.165) is 0 Å². The maximum absolute atomic E-state index is 10.7. The van der Waals surface area contributed by atoms with E-state index in [4.69, 9.17) is 10.8 Å². The van der Waals surface area contributed by atoms with Crippen LogP contribution < -0.4 is 5.73 Å². The molecular weight excluding hydrogens is 250 g/mol. The number of nitrogen functional groups attached to an aromatic ring is 1. The van der Waals surface area contributed by atoms with Crippen molar-refractivity contribution in [2.75, 3.05) is 5.73 Å². The summed E-state index contributed by atoms with van der Waals surface area (Å²) in [5.41, 5.74) is 6.45. The number of fused-ring (bicyclic) bond motifs is 1. The third-order valence-corrected chi connectivity index (χ3v) is 2.44. The number of nitrogens with zero attached hydrogens (tertiary/aromatic N) is 2. The first kappa shape index (κ1) is 9.01. The fraction of sp³-hybridized carbons (Fsp3) is 0. The Morgan fingerprint density at radius 1 is 1.57 bits per heavy atom. The van der Waals surface area contributed by atoms with E-state index in [0.29, 0.717) is 16.1 Å². The molecule has 3 N–H and O–H groups in total. The van der Waals surface area contributed by atoms with Crippen LogP contribution in [0.15, 0.2) is 22.9 Å². The maximum Gasteiger partial charge on any atom is 0.337 e. The number of aromatic nitrogens is 2. The fourth-order valence-corrected chi connectivity index (χ4v) is 1.53. The number of halogens is 1. The number of carboxylic acids is 1. The standard InChI is InChI=1S/C8H6BrN3O2/c9-6-7(10)12-3-4(8(13)14)1-2-5(12)11-6/h1-3H,10H2,(H,13,14). The number of imidazole rings is 1. The summed E-state index contributed by atoms with van der Waals surface area (Å²) in [4.78, 5) is 14.8. The van der Waals surface area contributed by atoms with Crippen molar-refractivity contribution in [3.8, 4) is 0 Å². The Bertz CT molecular complexity index is 521. The SMILES string of the molecule is Nc1c(Br)nc2ccc(C(=O)O)cn12. The summed E-state index contributed by atoms with van der Waals surface area (Å²) in [7, 11) is 0. The Labute approximate surface area is 87.3 Å². The summed E-state index contributed by atoms with van der Waals surface area (Å²) >= 11 is 3.17. The molecule has 0 amide bonds. The highest BCUT2D eigenvalue weighted by Crippen LogP contribution is 2.20. The van der Waals surface area contributed by atoms with Gasteiger partial charge in [0, 0.05) is 6.20 Å². The number of hydrogen-bond acceptors (Lipinski definition) is 3. The van der Waals surface area contributed by atoms with Gasteiger partial charge in [-0.15, -0.1) is 0 Å². The van der Waals surface area contributed by atoms with E-state index in [1.54, 1.807) is 6.07 Å². The monoisotopic (exact) mass is 255 g/mol. The molecule has 2 aromatic heterocycles. The van der Waals surface area contributed by atoms with E-state index in [-0.39, 0.29) is 5.56 Å². The molecule has 0 aliphatic carbocycles. The molecule has 2 aromatic rings. The molecule has 2 heterocycles. The van der Waals surface area contributed by atoms with E-state index in [9.17, 15) is 4.79 Å². The topological polar surface area (TPSA) is 80.6 Å². The third-order valence-electron chi connectivity index (χ3n) is 1.86. The van der Waals surface area contributed by atoms with Crippen molar-refractivity contribution in [1.29, 1.82) is 0 Å². The average Bonchev–Trinajstić information content (AvgIpc) is 2.43. The van der Waals surface area contributed by atoms with Gasteiger partial charge in [-0.3, -0.25) is 4.40 Å². The smallest absolute Gasteiger partial charge is 0.337 e. The van der Waals surface area contributed by atoms with Gasteiger partial charge in [0.25, 0.3) is 0 Å². The molecule has 72 valence electrons. The van der Waals surface area contributed by atoms with Crippen molar-refractivity contribution < 1.29 is 9.90 Å². The van der Waals surface area contributed by atoms with Gasteiger partial charge in [0.2, 0.25) is 0 Å². The molecule has 0 saturated heterocycles. The van der Waals surface area contributed by atoms with Crippen LogP contribution in [0.5, 0.6) is 0 Å². The summed E-state index contributed by atoms with van der Waals surface area (Å²) in [6.07, 6.45) is 1.44. The van der Waals surface area contributed by atoms with Crippen LogP contribution in [0, 0.1) is 0 Å². The Kier molecular flexibility index (Phi) is 1.92. The minimum absolute atomic E-state index is 0.175. The second kappa shape index (κ2) is 2.98. The molecule has 0 aliphatic rings. The van der Waals surface area contributed by atoms with Crippen LogP contribution >= 0.6 is 15.9 Å². The molecule has 6 heteroatoms. The number of pyridine rings is 1. The zero-order chi connectivity index (χ0) is 10.3. The van der Waals surface area contributed by atoms with Gasteiger partial charge in [-0.2, -0.15) is 0 Å². The lowest BCUT2D eigenvalue weighted by Gasteiger charge is -1.97. The van der Waals surface area contributed by atoms with Crippen LogP contribution in [0.4, 0.5) is 5.82 Å². The van der Waals surface area contributed by atoms with Crippen LogP contribution in [0.25, 0.3) is 5.65 Å². The zero-order valence-corrected chi connectivity index (χ0v) is 8.52. The molecule has 0 aromatic carbocycles. The van der Waals surface area contributed by atoms with E-state index in [1.807, 2.05) is 0 Å². The predicted molar refractivity (Wildman–Crippen MR) is 54.3 cm³/mol. The summed E-state index contributed by atoms with van der Waals surface area (Å²) in [6, 6.07) is 3.08. The maximum atomic E-state index is 10.7. The van der Waals surface area contributed by atoms with Crippen molar-refractivity contribution in [3.05, 3.63) is 28.5 Å². The molecule has 5 nitrogen and oxygen atoms in total. The Morgan fingerprint density at radius 2 is 2.29 bits per heavy atom. The Hall–Kier alpha value is -1.56. The highest BCUT2D eigenvalue weighted by Gasteiger charge is 2.09. The van der Waals surface area contributed by atoms with Crippen LogP contribution in [0.3, 0.4) is 0 Å². The lowest BCUT2D eigenvalue weighted by atomic mass is 10.3. The van der Waals surface area contributed by atoms with Gasteiger partial charge < -0.3 is 10.8 Å². The first-order valence-electron chi connectivity index (χ1n) is 3.76. The van der Waals surface area contributed by atoms with Crippen molar-refractivity contribution in [3.63, 3.8) is 0 Å². The summed E-state index contributed by atoms with van der Waals surface area (Å²) in [5.74, 6) is -0.598. The largest absolute Gasteiger partial charge is 0.478 e. The van der Waals surface area contributed by atoms with Crippen LogP contribution in [0.2, 0.25) is 0 Å². The van der Waals surface area contributed by atoms with E-state index in [2.05, 4.69) is 20.9 Å². The highest BCUT2D eigenvalue weighted by molar-refractivity contribution is 9.10. The van der Waals surface area contributed by atoms with Crippen LogP contribution in [-0.2, 0) is 0 Å². The molecule has 0 radical (unpaired) electrons. The zero-order valence-electron chi connectivity index (χ0n) is 6.94. The molecule has 0 spiro atoms. The van der Waals surface area contributed by atoms with Gasteiger partial charge in [0.1, 0.15) is 16.1 Å². The molecule has 0 unspecified atom stereocenters. The van der Waals surface area contributed by atoms with E-state index >= 15 is 0 Å². The molecule has 0 fully saturated rings. The number of aromatic carboxylic acids is 1. The summed E-state index contributed by atoms with van der Waals surface area (Å²) in [6.45, 7) is 0. The summed E-state index contributed by atoms with van der Waals surface area (Å²) in [5, 5.41) is 8.76. The summed E-state index contributed by atoms with van der Waals surface area (Å²) < 4.78 is 2.04. The Balaban J connectivity index is 2.76. The Morgan fingerprint density at radius 3 is 2.93 bits per heavy atom. The quantitative estimate of drug-likeness (QED) is 0.807. The number of carboxylic acid groups (broad SMARTS) is 1. The second-order valence-electron chi connectivity index (χ2n) is 2.74. The van der Waals surface area contributed by atoms with Gasteiger partial charge in [-0.25, -0.2) is 9.78 Å². The predicted octanol–water partition coefficient (Wildman–Crippen LogP) is 1.38. The molecule has 2 rings (SSSR count). The molecule has 0 aliphatic heterocycles. The number of hydrogen-bond donors (Lipinski definition) is 2. The van der Waals surface area contributed by atoms with Crippen molar-refractivity contribution in [1.82, 2.24) is 9.38 Å². The molecule has 0 atom stereocenters. The number of rotatable bonds is 1. The number of nitrogens with two attached hydrogens (primary N) is 1. The number of anilines is 1. The van der Waals surface area contributed by atoms with E-state index < -0.39 is 5.97 Å². The molecule has 0 saturated carbocycles. The van der Waals surface area contributed by atoms with Gasteiger partial charge >= 0.3 is 5.97 Å². The minimum atomic E-state index is -0.990. The average molecular weight is 256 g/mol. The second-order valence-corrected chi connectivity index (χ2v) is 3.49. The fourth-order valence-electron chi connectivity index (χ4n) is 1.16. The lowest BCUT2D eigenvalue weighted by molar-refractivity contribution is 0.0696.